The molecule has 0 spiro atoms. The van der Waals surface area contributed by atoms with Gasteiger partial charge in [0.25, 0.3) is 0 Å². The average molecular weight is 276 g/mol. The van der Waals surface area contributed by atoms with Crippen molar-refractivity contribution >= 4 is 11.0 Å². The molecule has 0 aliphatic rings. The Morgan fingerprint density at radius 2 is 2.05 bits per heavy atom. The minimum Gasteiger partial charge on any atom is -0.504 e. The van der Waals surface area contributed by atoms with Gasteiger partial charge in [0.15, 0.2) is 17.1 Å². The first-order valence-corrected chi connectivity index (χ1v) is 6.40. The molecule has 1 heterocycles. The van der Waals surface area contributed by atoms with Crippen molar-refractivity contribution < 1.29 is 19.4 Å². The lowest BCUT2D eigenvalue weighted by atomic mass is 10.2. The van der Waals surface area contributed by atoms with Crippen LogP contribution in [-0.4, -0.2) is 16.8 Å². The normalized spacial score (nSPS) is 11.2. The summed E-state index contributed by atoms with van der Waals surface area (Å²) in [6.45, 7) is 2.48. The summed E-state index contributed by atoms with van der Waals surface area (Å²) in [5, 5.41) is 19.3. The zero-order valence-corrected chi connectivity index (χ0v) is 11.1. The van der Waals surface area contributed by atoms with Gasteiger partial charge in [-0.1, -0.05) is 25.1 Å². The molecule has 0 saturated carbocycles. The third-order valence-electron chi connectivity index (χ3n) is 2.79. The lowest BCUT2D eigenvalue weighted by Gasteiger charge is -2.08. The fourth-order valence-corrected chi connectivity index (χ4v) is 1.81. The largest absolute Gasteiger partial charge is 0.504 e. The summed E-state index contributed by atoms with van der Waals surface area (Å²) >= 11 is 0. The number of hydrogen-bond acceptors (Lipinski definition) is 5. The van der Waals surface area contributed by atoms with Crippen molar-refractivity contribution in [1.82, 2.24) is 0 Å². The van der Waals surface area contributed by atoms with Crippen molar-refractivity contribution in [3.05, 3.63) is 40.8 Å². The Balaban J connectivity index is 2.30. The van der Waals surface area contributed by atoms with Crippen LogP contribution in [0.2, 0.25) is 0 Å². The molecule has 0 atom stereocenters. The Morgan fingerprint density at radius 3 is 2.80 bits per heavy atom. The molecule has 5 nitrogen and oxygen atoms in total. The fraction of sp³-hybridized carbons (Fsp3) is 0.267. The van der Waals surface area contributed by atoms with Crippen LogP contribution in [0.25, 0.3) is 11.0 Å². The van der Waals surface area contributed by atoms with Gasteiger partial charge in [-0.15, -0.1) is 0 Å². The van der Waals surface area contributed by atoms with E-state index in [4.69, 9.17) is 9.15 Å². The molecule has 0 aliphatic heterocycles. The Bertz CT molecular complexity index is 684. The number of hydrogen-bond donors (Lipinski definition) is 2. The second-order valence-electron chi connectivity index (χ2n) is 4.24. The van der Waals surface area contributed by atoms with Crippen molar-refractivity contribution in [3.63, 3.8) is 0 Å². The molecule has 1 aromatic carbocycles. The van der Waals surface area contributed by atoms with Crippen LogP contribution in [0.5, 0.6) is 17.2 Å². The number of rotatable bonds is 5. The van der Waals surface area contributed by atoms with Crippen LogP contribution < -0.4 is 10.4 Å². The second-order valence-corrected chi connectivity index (χ2v) is 4.24. The van der Waals surface area contributed by atoms with Gasteiger partial charge in [0.2, 0.25) is 5.75 Å². The van der Waals surface area contributed by atoms with Gasteiger partial charge < -0.3 is 19.4 Å². The number of para-hydroxylation sites is 1. The lowest BCUT2D eigenvalue weighted by Crippen LogP contribution is -2.01. The summed E-state index contributed by atoms with van der Waals surface area (Å²) in [4.78, 5) is 11.4. The molecule has 2 N–H and O–H groups in total. The van der Waals surface area contributed by atoms with Crippen molar-refractivity contribution in [2.45, 2.75) is 19.8 Å². The standard InChI is InChI=1S/C15H16O5/c1-2-3-4-5-9-19-11-8-6-7-10-12(16)13(17)15(18)20-14(10)11/h3-4,6-8,16-17H,2,5,9H2,1H3. The highest BCUT2D eigenvalue weighted by Gasteiger charge is 2.15. The number of benzene rings is 1. The number of aromatic hydroxyl groups is 2. The van der Waals surface area contributed by atoms with Gasteiger partial charge in [0, 0.05) is 0 Å². The molecule has 2 rings (SSSR count). The third kappa shape index (κ3) is 2.77. The quantitative estimate of drug-likeness (QED) is 0.498. The Morgan fingerprint density at radius 1 is 1.25 bits per heavy atom. The van der Waals surface area contributed by atoms with Crippen molar-refractivity contribution in [2.24, 2.45) is 0 Å². The molecule has 0 unspecified atom stereocenters. The van der Waals surface area contributed by atoms with Gasteiger partial charge in [-0.05, 0) is 25.0 Å². The SMILES string of the molecule is CCC=CCCOc1cccc2c(O)c(O)c(=O)oc12. The molecule has 2 aromatic rings. The Kier molecular flexibility index (Phi) is 4.30. The zero-order chi connectivity index (χ0) is 14.5. The molecule has 5 heteroatoms. The van der Waals surface area contributed by atoms with E-state index in [0.717, 1.165) is 12.8 Å². The monoisotopic (exact) mass is 276 g/mol. The van der Waals surface area contributed by atoms with Crippen molar-refractivity contribution in [2.75, 3.05) is 6.61 Å². The van der Waals surface area contributed by atoms with Crippen LogP contribution >= 0.6 is 0 Å². The second kappa shape index (κ2) is 6.14. The van der Waals surface area contributed by atoms with Crippen LogP contribution in [-0.2, 0) is 0 Å². The van der Waals surface area contributed by atoms with Crippen LogP contribution in [0.1, 0.15) is 19.8 Å². The van der Waals surface area contributed by atoms with Gasteiger partial charge in [-0.2, -0.15) is 0 Å². The van der Waals surface area contributed by atoms with Crippen molar-refractivity contribution in [1.29, 1.82) is 0 Å². The topological polar surface area (TPSA) is 79.9 Å². The first-order chi connectivity index (χ1) is 9.65. The van der Waals surface area contributed by atoms with E-state index in [1.54, 1.807) is 12.1 Å². The van der Waals surface area contributed by atoms with Crippen LogP contribution in [0, 0.1) is 0 Å². The van der Waals surface area contributed by atoms with Crippen LogP contribution in [0.15, 0.2) is 39.6 Å². The minimum atomic E-state index is -0.989. The predicted octanol–water partition coefficient (Wildman–Crippen LogP) is 2.94. The highest BCUT2D eigenvalue weighted by molar-refractivity contribution is 5.89. The molecule has 0 aliphatic carbocycles. The third-order valence-corrected chi connectivity index (χ3v) is 2.79. The molecule has 106 valence electrons. The maximum Gasteiger partial charge on any atom is 0.382 e. The maximum atomic E-state index is 11.4. The zero-order valence-electron chi connectivity index (χ0n) is 11.1. The van der Waals surface area contributed by atoms with E-state index < -0.39 is 17.1 Å². The van der Waals surface area contributed by atoms with Gasteiger partial charge in [-0.25, -0.2) is 4.79 Å². The number of fused-ring (bicyclic) bond motifs is 1. The van der Waals surface area contributed by atoms with E-state index in [-0.39, 0.29) is 11.0 Å². The number of allylic oxidation sites excluding steroid dienone is 1. The molecule has 0 radical (unpaired) electrons. The van der Waals surface area contributed by atoms with E-state index in [1.807, 2.05) is 19.1 Å². The van der Waals surface area contributed by atoms with Gasteiger partial charge in [0.05, 0.1) is 12.0 Å². The van der Waals surface area contributed by atoms with Crippen molar-refractivity contribution in [3.8, 4) is 17.2 Å². The predicted molar refractivity (Wildman–Crippen MR) is 75.4 cm³/mol. The molecule has 20 heavy (non-hydrogen) atoms. The van der Waals surface area contributed by atoms with E-state index in [2.05, 4.69) is 0 Å². The van der Waals surface area contributed by atoms with E-state index in [0.29, 0.717) is 12.4 Å². The summed E-state index contributed by atoms with van der Waals surface area (Å²) in [6, 6.07) is 4.83. The highest BCUT2D eigenvalue weighted by Crippen LogP contribution is 2.34. The van der Waals surface area contributed by atoms with E-state index >= 15 is 0 Å². The minimum absolute atomic E-state index is 0.132. The molecular weight excluding hydrogens is 260 g/mol. The fourth-order valence-electron chi connectivity index (χ4n) is 1.81. The van der Waals surface area contributed by atoms with Crippen LogP contribution in [0.4, 0.5) is 0 Å². The summed E-state index contributed by atoms with van der Waals surface area (Å²) in [6.07, 6.45) is 5.75. The van der Waals surface area contributed by atoms with Gasteiger partial charge >= 0.3 is 5.63 Å². The smallest absolute Gasteiger partial charge is 0.382 e. The summed E-state index contributed by atoms with van der Waals surface area (Å²) in [7, 11) is 0. The molecular formula is C15H16O5. The van der Waals surface area contributed by atoms with E-state index in [9.17, 15) is 15.0 Å². The summed E-state index contributed by atoms with van der Waals surface area (Å²) < 4.78 is 10.5. The first kappa shape index (κ1) is 14.0. The Hall–Kier alpha value is -2.43. The molecule has 0 saturated heterocycles. The van der Waals surface area contributed by atoms with Gasteiger partial charge in [-0.3, -0.25) is 0 Å². The summed E-state index contributed by atoms with van der Waals surface area (Å²) in [5.41, 5.74) is -0.857. The molecule has 0 fully saturated rings. The lowest BCUT2D eigenvalue weighted by molar-refractivity contribution is 0.319. The van der Waals surface area contributed by atoms with E-state index in [1.165, 1.54) is 6.07 Å². The summed E-state index contributed by atoms with van der Waals surface area (Å²) in [5.74, 6) is -0.923. The highest BCUT2D eigenvalue weighted by atomic mass is 16.5. The Labute approximate surface area is 115 Å². The molecule has 0 amide bonds. The van der Waals surface area contributed by atoms with Crippen LogP contribution in [0.3, 0.4) is 0 Å². The molecule has 1 aromatic heterocycles. The van der Waals surface area contributed by atoms with Gasteiger partial charge in [0.1, 0.15) is 0 Å². The molecule has 0 bridgehead atoms. The first-order valence-electron chi connectivity index (χ1n) is 6.40. The number of ether oxygens (including phenoxy) is 1. The maximum absolute atomic E-state index is 11.4. The average Bonchev–Trinajstić information content (AvgIpc) is 2.45.